The third-order valence-corrected chi connectivity index (χ3v) is 11.4. The zero-order valence-electron chi connectivity index (χ0n) is 38.9. The number of carboxylic acids is 2. The minimum absolute atomic E-state index is 0.0341. The summed E-state index contributed by atoms with van der Waals surface area (Å²) in [6, 6.07) is -2.90. The van der Waals surface area contributed by atoms with Crippen LogP contribution in [-0.4, -0.2) is 99.2 Å². The molecule has 372 valence electrons. The summed E-state index contributed by atoms with van der Waals surface area (Å²) in [7, 11) is -4.90. The van der Waals surface area contributed by atoms with Crippen LogP contribution in [0, 0.1) is 0 Å². The van der Waals surface area contributed by atoms with Crippen LogP contribution in [0.2, 0.25) is 0 Å². The lowest BCUT2D eigenvalue weighted by Gasteiger charge is -2.23. The lowest BCUT2D eigenvalue weighted by Crippen LogP contribution is -2.40. The first-order valence-electron chi connectivity index (χ1n) is 22.9. The molecule has 0 spiro atoms. The van der Waals surface area contributed by atoms with Gasteiger partial charge < -0.3 is 41.2 Å². The van der Waals surface area contributed by atoms with E-state index in [-0.39, 0.29) is 31.4 Å². The minimum atomic E-state index is -4.90. The maximum atomic E-state index is 13.2. The number of aliphatic carboxylic acids is 2. The Balaban J connectivity index is 5.36. The van der Waals surface area contributed by atoms with Crippen molar-refractivity contribution in [2.45, 2.75) is 146 Å². The number of hydrogen-bond acceptors (Lipinski definition) is 13. The highest BCUT2D eigenvalue weighted by molar-refractivity contribution is 8.00. The summed E-state index contributed by atoms with van der Waals surface area (Å²) in [5, 5.41) is 28.4. The van der Waals surface area contributed by atoms with Gasteiger partial charge in [-0.2, -0.15) is 0 Å². The number of aliphatic hydroxyl groups is 1. The first-order chi connectivity index (χ1) is 31.7. The SMILES string of the molecule is CC/C=C\C/C=C\C/C=C\C/C=C\C/C=C\CCCC(=O)OC[C@H](COP(=O)(O)OC[C@H](N)C(=O)O)OC(=O)[C@@H](N)CS[C@H](/C=C/C=C/C=C\C/C=C\CCCCC)[C@@H](O)CCCC(=O)O. The smallest absolute Gasteiger partial charge is 0.472 e. The minimum Gasteiger partial charge on any atom is -0.481 e. The molecule has 0 fully saturated rings. The molecule has 0 bridgehead atoms. The number of thioether (sulfide) groups is 1. The normalized spacial score (nSPS) is 15.9. The fourth-order valence-electron chi connectivity index (χ4n) is 5.29. The molecule has 0 aliphatic heterocycles. The first kappa shape index (κ1) is 61.9. The van der Waals surface area contributed by atoms with Gasteiger partial charge in [0, 0.05) is 23.8 Å². The van der Waals surface area contributed by atoms with Crippen molar-refractivity contribution in [2.24, 2.45) is 11.5 Å². The number of nitrogens with two attached hydrogens (primary N) is 2. The number of aliphatic hydroxyl groups excluding tert-OH is 1. The van der Waals surface area contributed by atoms with Crippen LogP contribution >= 0.6 is 19.6 Å². The number of ether oxygens (including phenoxy) is 2. The zero-order valence-corrected chi connectivity index (χ0v) is 40.6. The standard InChI is InChI=1S/C49H77N2O13PS/c1-3-5-7-9-11-13-15-17-18-19-20-21-23-25-27-29-31-36-47(55)61-37-41(38-62-65(59,60)63-39-42(50)48(56)57)64-49(58)43(51)40-66-45(44(52)33-32-35-46(53)54)34-30-28-26-24-22-16-14-12-10-8-6-4-2/h5,7,11-14,17-18,20-22,24-28,30,34,41-45,52H,3-4,6,8-10,15-16,19,23,29,31-33,35-40,50-51H2,1-2H3,(H,53,54)(H,56,57)(H,59,60)/b7-5-,13-11-,14-12-,18-17-,21-20-,24-22-,27-25-,28-26+,34-30+/t41-,42+,43+,44+,45-/m1/s1. The Hall–Kier alpha value is -4.12. The van der Waals surface area contributed by atoms with Gasteiger partial charge in [0.15, 0.2) is 6.10 Å². The molecule has 0 rings (SSSR count). The number of carbonyl (C=O) groups is 4. The highest BCUT2D eigenvalue weighted by atomic mass is 32.2. The predicted octanol–water partition coefficient (Wildman–Crippen LogP) is 9.15. The fourth-order valence-corrected chi connectivity index (χ4v) is 7.19. The van der Waals surface area contributed by atoms with Gasteiger partial charge in [0.2, 0.25) is 0 Å². The van der Waals surface area contributed by atoms with Gasteiger partial charge in [-0.25, -0.2) is 4.57 Å². The number of carbonyl (C=O) groups excluding carboxylic acids is 2. The molecule has 15 nitrogen and oxygen atoms in total. The van der Waals surface area contributed by atoms with Crippen molar-refractivity contribution in [1.82, 2.24) is 0 Å². The van der Waals surface area contributed by atoms with Crippen LogP contribution in [-0.2, 0) is 42.3 Å². The van der Waals surface area contributed by atoms with Crippen LogP contribution in [0.1, 0.15) is 117 Å². The van der Waals surface area contributed by atoms with E-state index in [1.165, 1.54) is 19.3 Å². The number of rotatable bonds is 41. The van der Waals surface area contributed by atoms with E-state index in [9.17, 15) is 33.7 Å². The van der Waals surface area contributed by atoms with E-state index < -0.39 is 81.1 Å². The zero-order chi connectivity index (χ0) is 49.1. The topological polar surface area (TPSA) is 255 Å². The number of carboxylic acid groups (broad SMARTS) is 2. The largest absolute Gasteiger partial charge is 0.481 e. The van der Waals surface area contributed by atoms with Gasteiger partial charge >= 0.3 is 31.7 Å². The molecule has 0 aromatic rings. The number of esters is 2. The van der Waals surface area contributed by atoms with Crippen LogP contribution in [0.15, 0.2) is 109 Å². The Bertz CT molecular complexity index is 1660. The van der Waals surface area contributed by atoms with Gasteiger partial charge in [0.25, 0.3) is 0 Å². The van der Waals surface area contributed by atoms with E-state index in [2.05, 4.69) is 79.1 Å². The van der Waals surface area contributed by atoms with Gasteiger partial charge in [0.1, 0.15) is 18.7 Å². The van der Waals surface area contributed by atoms with Crippen molar-refractivity contribution in [1.29, 1.82) is 0 Å². The number of unbranched alkanes of at least 4 members (excludes halogenated alkanes) is 4. The van der Waals surface area contributed by atoms with Crippen LogP contribution in [0.3, 0.4) is 0 Å². The van der Waals surface area contributed by atoms with E-state index >= 15 is 0 Å². The van der Waals surface area contributed by atoms with Crippen molar-refractivity contribution in [3.05, 3.63) is 109 Å². The molecule has 0 saturated carbocycles. The molecular formula is C49H77N2O13PS. The van der Waals surface area contributed by atoms with Gasteiger partial charge in [-0.05, 0) is 77.0 Å². The summed E-state index contributed by atoms with van der Waals surface area (Å²) in [5.74, 6) is -4.12. The Morgan fingerprint density at radius 2 is 1.21 bits per heavy atom. The summed E-state index contributed by atoms with van der Waals surface area (Å²) < 4.78 is 32.8. The van der Waals surface area contributed by atoms with Crippen molar-refractivity contribution in [3.8, 4) is 0 Å². The number of phosphoric ester groups is 1. The number of allylic oxidation sites excluding steroid dienone is 17. The second-order valence-corrected chi connectivity index (χ2v) is 17.7. The van der Waals surface area contributed by atoms with E-state index in [1.807, 2.05) is 30.4 Å². The Morgan fingerprint density at radius 3 is 1.80 bits per heavy atom. The lowest BCUT2D eigenvalue weighted by atomic mass is 10.1. The second kappa shape index (κ2) is 42.2. The summed E-state index contributed by atoms with van der Waals surface area (Å²) >= 11 is 1.14. The monoisotopic (exact) mass is 964 g/mol. The molecule has 0 aliphatic rings. The molecular weight excluding hydrogens is 888 g/mol. The highest BCUT2D eigenvalue weighted by Crippen LogP contribution is 2.43. The average Bonchev–Trinajstić information content (AvgIpc) is 3.28. The maximum absolute atomic E-state index is 13.2. The Labute approximate surface area is 397 Å². The molecule has 0 aromatic heterocycles. The molecule has 0 amide bonds. The summed E-state index contributed by atoms with van der Waals surface area (Å²) in [4.78, 5) is 57.9. The van der Waals surface area contributed by atoms with Crippen LogP contribution < -0.4 is 11.5 Å². The third kappa shape index (κ3) is 39.1. The summed E-state index contributed by atoms with van der Waals surface area (Å²) in [6.07, 6.45) is 45.1. The van der Waals surface area contributed by atoms with Gasteiger partial charge in [0.05, 0.1) is 19.3 Å². The number of hydrogen-bond donors (Lipinski definition) is 6. The van der Waals surface area contributed by atoms with Crippen LogP contribution in [0.25, 0.3) is 0 Å². The van der Waals surface area contributed by atoms with E-state index in [4.69, 9.17) is 35.7 Å². The van der Waals surface area contributed by atoms with Gasteiger partial charge in [-0.1, -0.05) is 136 Å². The van der Waals surface area contributed by atoms with E-state index in [0.29, 0.717) is 12.8 Å². The maximum Gasteiger partial charge on any atom is 0.472 e. The summed E-state index contributed by atoms with van der Waals surface area (Å²) in [5.41, 5.74) is 11.5. The van der Waals surface area contributed by atoms with Crippen molar-refractivity contribution in [3.63, 3.8) is 0 Å². The molecule has 0 radical (unpaired) electrons. The van der Waals surface area contributed by atoms with Gasteiger partial charge in [-0.3, -0.25) is 28.2 Å². The molecule has 0 saturated heterocycles. The summed E-state index contributed by atoms with van der Waals surface area (Å²) in [6.45, 7) is 2.06. The van der Waals surface area contributed by atoms with E-state index in [1.54, 1.807) is 18.2 Å². The second-order valence-electron chi connectivity index (χ2n) is 15.0. The predicted molar refractivity (Wildman–Crippen MR) is 264 cm³/mol. The van der Waals surface area contributed by atoms with E-state index in [0.717, 1.165) is 56.7 Å². The third-order valence-electron chi connectivity index (χ3n) is 9.00. The van der Waals surface area contributed by atoms with Crippen LogP contribution in [0.5, 0.6) is 0 Å². The molecule has 66 heavy (non-hydrogen) atoms. The number of phosphoric acid groups is 1. The highest BCUT2D eigenvalue weighted by Gasteiger charge is 2.30. The quantitative estimate of drug-likeness (QED) is 0.0110. The van der Waals surface area contributed by atoms with Crippen molar-refractivity contribution < 1.29 is 62.5 Å². The first-order valence-corrected chi connectivity index (χ1v) is 25.4. The van der Waals surface area contributed by atoms with Gasteiger partial charge in [-0.15, -0.1) is 11.8 Å². The average molecular weight is 965 g/mol. The molecule has 1 unspecified atom stereocenters. The molecule has 0 aliphatic carbocycles. The van der Waals surface area contributed by atoms with Crippen molar-refractivity contribution >= 4 is 43.5 Å². The molecule has 8 N–H and O–H groups in total. The van der Waals surface area contributed by atoms with Crippen LogP contribution in [0.4, 0.5) is 0 Å². The molecule has 0 aromatic carbocycles. The molecule has 6 atom stereocenters. The van der Waals surface area contributed by atoms with Crippen molar-refractivity contribution in [2.75, 3.05) is 25.6 Å². The molecule has 0 heterocycles. The lowest BCUT2D eigenvalue weighted by molar-refractivity contribution is -0.161. The molecule has 17 heteroatoms. The Kier molecular flexibility index (Phi) is 39.6. The fraction of sp³-hybridized carbons (Fsp3) is 0.551. The Morgan fingerprint density at radius 1 is 0.652 bits per heavy atom.